The van der Waals surface area contributed by atoms with E-state index in [1.54, 1.807) is 0 Å². The summed E-state index contributed by atoms with van der Waals surface area (Å²) in [6, 6.07) is 5.67. The monoisotopic (exact) mass is 321 g/mol. The van der Waals surface area contributed by atoms with E-state index < -0.39 is 11.9 Å². The van der Waals surface area contributed by atoms with E-state index in [9.17, 15) is 19.1 Å². The molecule has 1 aliphatic carbocycles. The van der Waals surface area contributed by atoms with E-state index >= 15 is 0 Å². The van der Waals surface area contributed by atoms with Crippen LogP contribution in [0.5, 0.6) is 0 Å². The van der Waals surface area contributed by atoms with Gasteiger partial charge in [0.05, 0.1) is 0 Å². The zero-order valence-electron chi connectivity index (χ0n) is 13.5. The molecule has 0 heterocycles. The summed E-state index contributed by atoms with van der Waals surface area (Å²) >= 11 is 0. The number of hydrogen-bond donors (Lipinski definition) is 1. The largest absolute Gasteiger partial charge is 0.481 e. The summed E-state index contributed by atoms with van der Waals surface area (Å²) in [5.74, 6) is -2.47. The third-order valence-electron chi connectivity index (χ3n) is 4.25. The van der Waals surface area contributed by atoms with Gasteiger partial charge in [0.2, 0.25) is 5.91 Å². The minimum absolute atomic E-state index is 0.353. The third kappa shape index (κ3) is 5.05. The van der Waals surface area contributed by atoms with Crippen molar-refractivity contribution in [2.45, 2.75) is 45.4 Å². The van der Waals surface area contributed by atoms with Gasteiger partial charge in [0.1, 0.15) is 11.7 Å². The molecule has 5 heteroatoms. The summed E-state index contributed by atoms with van der Waals surface area (Å²) in [4.78, 5) is 25.8. The molecule has 126 valence electrons. The Bertz CT molecular complexity index is 540. The van der Waals surface area contributed by atoms with Crippen LogP contribution in [0, 0.1) is 17.7 Å². The minimum atomic E-state index is -1.07. The van der Waals surface area contributed by atoms with Crippen LogP contribution in [-0.2, 0) is 9.59 Å². The molecule has 1 amide bonds. The topological polar surface area (TPSA) is 57.6 Å². The van der Waals surface area contributed by atoms with Crippen molar-refractivity contribution in [3.63, 3.8) is 0 Å². The van der Waals surface area contributed by atoms with Crippen molar-refractivity contribution in [3.05, 3.63) is 30.1 Å². The summed E-state index contributed by atoms with van der Waals surface area (Å²) in [5, 5.41) is 9.42. The maximum absolute atomic E-state index is 13.1. The lowest BCUT2D eigenvalue weighted by Gasteiger charge is -2.26. The number of rotatable bonds is 9. The second-order valence-corrected chi connectivity index (χ2v) is 6.24. The number of amides is 1. The highest BCUT2D eigenvalue weighted by atomic mass is 19.1. The molecule has 1 N–H and O–H groups in total. The van der Waals surface area contributed by atoms with Crippen LogP contribution in [-0.4, -0.2) is 23.5 Å². The van der Waals surface area contributed by atoms with Crippen LogP contribution in [0.4, 0.5) is 10.1 Å². The molecule has 4 nitrogen and oxygen atoms in total. The lowest BCUT2D eigenvalue weighted by atomic mass is 10.00. The SMILES string of the molecule is CCCCCN(C(=O)C(CC1CC1)C(=O)O)c1ccc(F)cc1. The fraction of sp³-hybridized carbons (Fsp3) is 0.556. The van der Waals surface area contributed by atoms with E-state index in [4.69, 9.17) is 0 Å². The van der Waals surface area contributed by atoms with Gasteiger partial charge in [-0.15, -0.1) is 0 Å². The smallest absolute Gasteiger partial charge is 0.316 e. The van der Waals surface area contributed by atoms with Crippen molar-refractivity contribution in [1.29, 1.82) is 0 Å². The Balaban J connectivity index is 2.17. The number of aliphatic carboxylic acids is 1. The van der Waals surface area contributed by atoms with Gasteiger partial charge in [-0.3, -0.25) is 9.59 Å². The molecule has 1 atom stereocenters. The molecule has 0 radical (unpaired) electrons. The average molecular weight is 321 g/mol. The molecule has 1 aliphatic rings. The Morgan fingerprint density at radius 2 is 1.91 bits per heavy atom. The fourth-order valence-electron chi connectivity index (χ4n) is 2.69. The van der Waals surface area contributed by atoms with Crippen molar-refractivity contribution < 1.29 is 19.1 Å². The summed E-state index contributed by atoms with van der Waals surface area (Å²) in [7, 11) is 0. The van der Waals surface area contributed by atoms with Crippen LogP contribution in [0.25, 0.3) is 0 Å². The number of carboxylic acids is 1. The normalized spacial score (nSPS) is 15.2. The number of unbranched alkanes of at least 4 members (excludes halogenated alkanes) is 2. The maximum Gasteiger partial charge on any atom is 0.316 e. The number of nitrogens with zero attached hydrogens (tertiary/aromatic N) is 1. The first-order chi connectivity index (χ1) is 11.0. The van der Waals surface area contributed by atoms with Gasteiger partial charge in [-0.1, -0.05) is 32.6 Å². The van der Waals surface area contributed by atoms with E-state index in [-0.39, 0.29) is 11.7 Å². The number of hydrogen-bond acceptors (Lipinski definition) is 2. The zero-order valence-corrected chi connectivity index (χ0v) is 13.5. The van der Waals surface area contributed by atoms with Gasteiger partial charge in [-0.2, -0.15) is 0 Å². The van der Waals surface area contributed by atoms with E-state index in [2.05, 4.69) is 6.92 Å². The number of carbonyl (C=O) groups excluding carboxylic acids is 1. The van der Waals surface area contributed by atoms with Crippen LogP contribution in [0.2, 0.25) is 0 Å². The van der Waals surface area contributed by atoms with Gasteiger partial charge in [0.25, 0.3) is 0 Å². The highest BCUT2D eigenvalue weighted by Crippen LogP contribution is 2.36. The van der Waals surface area contributed by atoms with Crippen molar-refractivity contribution in [2.24, 2.45) is 11.8 Å². The molecule has 0 aliphatic heterocycles. The second kappa shape index (κ2) is 8.09. The van der Waals surface area contributed by atoms with Gasteiger partial charge in [0, 0.05) is 12.2 Å². The summed E-state index contributed by atoms with van der Waals surface area (Å²) in [6.07, 6.45) is 5.18. The predicted molar refractivity (Wildman–Crippen MR) is 86.7 cm³/mol. The number of halogens is 1. The van der Waals surface area contributed by atoms with Gasteiger partial charge >= 0.3 is 5.97 Å². The molecule has 1 aromatic rings. The van der Waals surface area contributed by atoms with Gasteiger partial charge in [-0.05, 0) is 43.0 Å². The maximum atomic E-state index is 13.1. The Morgan fingerprint density at radius 3 is 2.43 bits per heavy atom. The second-order valence-electron chi connectivity index (χ2n) is 6.24. The summed E-state index contributed by atoms with van der Waals surface area (Å²) in [6.45, 7) is 2.53. The molecular formula is C18H24FNO3. The Hall–Kier alpha value is -1.91. The number of benzene rings is 1. The quantitative estimate of drug-likeness (QED) is 0.555. The molecule has 23 heavy (non-hydrogen) atoms. The molecule has 1 aromatic carbocycles. The van der Waals surface area contributed by atoms with Crippen molar-refractivity contribution in [2.75, 3.05) is 11.4 Å². The van der Waals surface area contributed by atoms with Crippen molar-refractivity contribution in [1.82, 2.24) is 0 Å². The predicted octanol–water partition coefficient (Wildman–Crippen LogP) is 3.85. The lowest BCUT2D eigenvalue weighted by Crippen LogP contribution is -2.40. The average Bonchev–Trinajstić information content (AvgIpc) is 3.34. The Morgan fingerprint density at radius 1 is 1.26 bits per heavy atom. The molecule has 0 aromatic heterocycles. The van der Waals surface area contributed by atoms with Crippen LogP contribution in [0.15, 0.2) is 24.3 Å². The van der Waals surface area contributed by atoms with Crippen LogP contribution < -0.4 is 4.90 Å². The first-order valence-electron chi connectivity index (χ1n) is 8.32. The zero-order chi connectivity index (χ0) is 16.8. The molecule has 0 bridgehead atoms. The molecular weight excluding hydrogens is 297 g/mol. The fourth-order valence-corrected chi connectivity index (χ4v) is 2.69. The van der Waals surface area contributed by atoms with Crippen molar-refractivity contribution >= 4 is 17.6 Å². The first kappa shape index (κ1) is 17.4. The lowest BCUT2D eigenvalue weighted by molar-refractivity contribution is -0.146. The van der Waals surface area contributed by atoms with Crippen LogP contribution in [0.3, 0.4) is 0 Å². The van der Waals surface area contributed by atoms with Crippen molar-refractivity contribution in [3.8, 4) is 0 Å². The molecule has 1 saturated carbocycles. The highest BCUT2D eigenvalue weighted by molar-refractivity contribution is 6.05. The Labute approximate surface area is 136 Å². The highest BCUT2D eigenvalue weighted by Gasteiger charge is 2.36. The van der Waals surface area contributed by atoms with E-state index in [1.807, 2.05) is 0 Å². The van der Waals surface area contributed by atoms with Crippen LogP contribution >= 0.6 is 0 Å². The number of anilines is 1. The molecule has 1 fully saturated rings. The van der Waals surface area contributed by atoms with E-state index in [0.29, 0.717) is 24.6 Å². The molecule has 2 rings (SSSR count). The van der Waals surface area contributed by atoms with E-state index in [1.165, 1.54) is 29.2 Å². The third-order valence-corrected chi connectivity index (χ3v) is 4.25. The first-order valence-corrected chi connectivity index (χ1v) is 8.32. The molecule has 1 unspecified atom stereocenters. The minimum Gasteiger partial charge on any atom is -0.481 e. The summed E-state index contributed by atoms with van der Waals surface area (Å²) in [5.41, 5.74) is 0.564. The number of carboxylic acid groups (broad SMARTS) is 1. The van der Waals surface area contributed by atoms with Gasteiger partial charge in [0.15, 0.2) is 0 Å². The molecule has 0 saturated heterocycles. The standard InChI is InChI=1S/C18H24FNO3/c1-2-3-4-11-20(15-9-7-14(19)8-10-15)17(21)16(18(22)23)12-13-5-6-13/h7-10,13,16H,2-6,11-12H2,1H3,(H,22,23). The van der Waals surface area contributed by atoms with Gasteiger partial charge < -0.3 is 10.0 Å². The van der Waals surface area contributed by atoms with E-state index in [0.717, 1.165) is 32.1 Å². The summed E-state index contributed by atoms with van der Waals surface area (Å²) < 4.78 is 13.1. The Kier molecular flexibility index (Phi) is 6.13. The van der Waals surface area contributed by atoms with Crippen LogP contribution in [0.1, 0.15) is 45.4 Å². The molecule has 0 spiro atoms. The number of carbonyl (C=O) groups is 2. The van der Waals surface area contributed by atoms with Gasteiger partial charge in [-0.25, -0.2) is 4.39 Å².